The van der Waals surface area contributed by atoms with E-state index in [0.29, 0.717) is 22.4 Å². The normalized spacial score (nSPS) is 15.7. The number of alkyl halides is 1. The second-order valence-electron chi connectivity index (χ2n) is 12.4. The van der Waals surface area contributed by atoms with E-state index < -0.39 is 46.8 Å². The van der Waals surface area contributed by atoms with Crippen LogP contribution < -0.4 is 16.6 Å². The Balaban J connectivity index is 1.54. The Morgan fingerprint density at radius 1 is 0.896 bits per heavy atom. The van der Waals surface area contributed by atoms with E-state index in [9.17, 15) is 18.8 Å². The topological polar surface area (TPSA) is 107 Å². The van der Waals surface area contributed by atoms with Crippen molar-refractivity contribution in [2.24, 2.45) is 17.6 Å². The molecule has 0 aliphatic heterocycles. The number of hydrogen-bond acceptors (Lipinski definition) is 4. The summed E-state index contributed by atoms with van der Waals surface area (Å²) in [4.78, 5) is 45.9. The van der Waals surface area contributed by atoms with Gasteiger partial charge in [0.05, 0.1) is 40.1 Å². The number of amides is 2. The van der Waals surface area contributed by atoms with E-state index in [-0.39, 0.29) is 44.8 Å². The van der Waals surface area contributed by atoms with Gasteiger partial charge < -0.3 is 11.1 Å². The fourth-order valence-electron chi connectivity index (χ4n) is 6.93. The Labute approximate surface area is 282 Å². The summed E-state index contributed by atoms with van der Waals surface area (Å²) in [7, 11) is 0. The maximum Gasteiger partial charge on any atom is 0.266 e. The average molecular weight is 716 g/mol. The summed E-state index contributed by atoms with van der Waals surface area (Å²) in [5, 5.41) is 2.85. The first-order valence-corrected chi connectivity index (χ1v) is 16.8. The Hall–Kier alpha value is -4.77. The van der Waals surface area contributed by atoms with Crippen molar-refractivity contribution in [2.45, 2.75) is 43.0 Å². The third-order valence-corrected chi connectivity index (χ3v) is 9.84. The number of nitrogens with one attached hydrogen (secondary N) is 1. The number of benzene rings is 3. The number of nitrogens with zero attached hydrogens (tertiary/aromatic N) is 2. The highest BCUT2D eigenvalue weighted by atomic mass is 79.9. The van der Waals surface area contributed by atoms with Gasteiger partial charge in [-0.2, -0.15) is 0 Å². The zero-order chi connectivity index (χ0) is 33.7. The molecule has 0 unspecified atom stereocenters. The van der Waals surface area contributed by atoms with Crippen LogP contribution in [0.15, 0.2) is 83.9 Å². The first-order chi connectivity index (χ1) is 23.2. The SMILES string of the molecule is NC(=O)c1c(F)cccc1[C@H](c1ccc(F)c2c(=O)n(-c3cccnc3)c(CBr)c(C(=O)N[C@H](c3cccc(F)c3)C3CC3)c12)C1CC1. The van der Waals surface area contributed by atoms with Crippen LogP contribution in [0, 0.1) is 29.3 Å². The van der Waals surface area contributed by atoms with Crippen molar-refractivity contribution in [1.29, 1.82) is 0 Å². The minimum absolute atomic E-state index is 0.0143. The number of pyridine rings is 2. The first-order valence-electron chi connectivity index (χ1n) is 15.7. The van der Waals surface area contributed by atoms with Crippen molar-refractivity contribution in [3.05, 3.63) is 140 Å². The zero-order valence-electron chi connectivity index (χ0n) is 25.6. The van der Waals surface area contributed by atoms with Gasteiger partial charge in [0, 0.05) is 22.8 Å². The second kappa shape index (κ2) is 12.7. The van der Waals surface area contributed by atoms with Crippen molar-refractivity contribution >= 4 is 38.5 Å². The molecule has 48 heavy (non-hydrogen) atoms. The van der Waals surface area contributed by atoms with Gasteiger partial charge in [-0.15, -0.1) is 0 Å². The largest absolute Gasteiger partial charge is 0.365 e. The van der Waals surface area contributed by atoms with Crippen LogP contribution in [0.5, 0.6) is 0 Å². The van der Waals surface area contributed by atoms with E-state index in [0.717, 1.165) is 31.7 Å². The highest BCUT2D eigenvalue weighted by Gasteiger charge is 2.40. The maximum atomic E-state index is 16.1. The highest BCUT2D eigenvalue weighted by Crippen LogP contribution is 2.50. The summed E-state index contributed by atoms with van der Waals surface area (Å²) >= 11 is 3.50. The molecule has 2 saturated carbocycles. The second-order valence-corrected chi connectivity index (χ2v) is 13.0. The predicted molar refractivity (Wildman–Crippen MR) is 179 cm³/mol. The van der Waals surface area contributed by atoms with Gasteiger partial charge >= 0.3 is 0 Å². The average Bonchev–Trinajstić information content (AvgIpc) is 4.00. The molecule has 0 radical (unpaired) electrons. The summed E-state index contributed by atoms with van der Waals surface area (Å²) in [6.07, 6.45) is 6.07. The zero-order valence-corrected chi connectivity index (χ0v) is 27.1. The number of carbonyl (C=O) groups excluding carboxylic acids is 2. The minimum atomic E-state index is -0.958. The first kappa shape index (κ1) is 31.8. The molecule has 7 nitrogen and oxygen atoms in total. The molecule has 2 atom stereocenters. The van der Waals surface area contributed by atoms with Crippen molar-refractivity contribution < 1.29 is 22.8 Å². The van der Waals surface area contributed by atoms with Gasteiger partial charge in [-0.3, -0.25) is 23.9 Å². The molecule has 2 aromatic heterocycles. The van der Waals surface area contributed by atoms with E-state index in [1.165, 1.54) is 47.3 Å². The number of rotatable bonds is 10. The van der Waals surface area contributed by atoms with E-state index in [4.69, 9.17) is 5.73 Å². The number of hydrogen-bond donors (Lipinski definition) is 2. The molecule has 0 spiro atoms. The van der Waals surface area contributed by atoms with E-state index in [1.807, 2.05) is 0 Å². The van der Waals surface area contributed by atoms with E-state index in [2.05, 4.69) is 26.2 Å². The molecule has 11 heteroatoms. The lowest BCUT2D eigenvalue weighted by atomic mass is 9.80. The fraction of sp³-hybridized carbons (Fsp3) is 0.243. The lowest BCUT2D eigenvalue weighted by Crippen LogP contribution is -2.34. The predicted octanol–water partition coefficient (Wildman–Crippen LogP) is 7.22. The Morgan fingerprint density at radius 3 is 2.29 bits per heavy atom. The molecule has 0 bridgehead atoms. The van der Waals surface area contributed by atoms with Gasteiger partial charge in [0.2, 0.25) is 0 Å². The molecule has 2 fully saturated rings. The molecule has 2 amide bonds. The molecular weight excluding hydrogens is 685 g/mol. The molecule has 3 N–H and O–H groups in total. The van der Waals surface area contributed by atoms with Gasteiger partial charge in [-0.05, 0) is 90.6 Å². The quantitative estimate of drug-likeness (QED) is 0.149. The van der Waals surface area contributed by atoms with Gasteiger partial charge in [0.25, 0.3) is 17.4 Å². The summed E-state index contributed by atoms with van der Waals surface area (Å²) in [5.74, 6) is -4.35. The van der Waals surface area contributed by atoms with Crippen molar-refractivity contribution in [3.8, 4) is 5.69 Å². The van der Waals surface area contributed by atoms with Crippen LogP contribution in [0.2, 0.25) is 0 Å². The minimum Gasteiger partial charge on any atom is -0.365 e. The van der Waals surface area contributed by atoms with Crippen LogP contribution in [-0.2, 0) is 5.33 Å². The maximum absolute atomic E-state index is 16.1. The molecule has 5 aromatic rings. The number of carbonyl (C=O) groups is 2. The van der Waals surface area contributed by atoms with Crippen LogP contribution >= 0.6 is 15.9 Å². The molecule has 2 aliphatic rings. The lowest BCUT2D eigenvalue weighted by molar-refractivity contribution is 0.0930. The van der Waals surface area contributed by atoms with Gasteiger partial charge in [-0.25, -0.2) is 13.2 Å². The van der Waals surface area contributed by atoms with Crippen molar-refractivity contribution in [1.82, 2.24) is 14.9 Å². The van der Waals surface area contributed by atoms with E-state index >= 15 is 8.78 Å². The van der Waals surface area contributed by atoms with Crippen LogP contribution in [0.25, 0.3) is 16.5 Å². The van der Waals surface area contributed by atoms with Crippen molar-refractivity contribution in [3.63, 3.8) is 0 Å². The summed E-state index contributed by atoms with van der Waals surface area (Å²) in [5.41, 5.74) is 6.56. The number of primary amides is 1. The summed E-state index contributed by atoms with van der Waals surface area (Å²) < 4.78 is 46.9. The molecule has 0 saturated heterocycles. The van der Waals surface area contributed by atoms with Crippen LogP contribution in [0.4, 0.5) is 13.2 Å². The molecular formula is C37H30BrF3N4O3. The standard InChI is InChI=1S/C37H30BrF3N4O3/c38-17-28-33(36(47)44-34(20-11-12-20)21-4-1-5-22(39)16-21)31-25(29(19-9-10-19)24-7-2-8-26(40)30(24)35(42)46)13-14-27(41)32(31)37(48)45(28)23-6-3-15-43-18-23/h1-8,13-16,18-20,29,34H,9-12,17H2,(H2,42,46)(H,44,47)/t29-,34+/m1/s1. The number of aromatic nitrogens is 2. The molecule has 2 heterocycles. The van der Waals surface area contributed by atoms with Crippen molar-refractivity contribution in [2.75, 3.05) is 0 Å². The van der Waals surface area contributed by atoms with Gasteiger partial charge in [0.15, 0.2) is 0 Å². The van der Waals surface area contributed by atoms with E-state index in [1.54, 1.807) is 30.3 Å². The lowest BCUT2D eigenvalue weighted by Gasteiger charge is -2.26. The number of nitrogens with two attached hydrogens (primary N) is 1. The highest BCUT2D eigenvalue weighted by molar-refractivity contribution is 9.08. The van der Waals surface area contributed by atoms with Crippen LogP contribution in [0.1, 0.15) is 80.7 Å². The monoisotopic (exact) mass is 714 g/mol. The third kappa shape index (κ3) is 5.70. The van der Waals surface area contributed by atoms with Gasteiger partial charge in [-0.1, -0.05) is 46.3 Å². The fourth-order valence-corrected chi connectivity index (χ4v) is 7.46. The molecule has 2 aliphatic carbocycles. The Bertz CT molecular complexity index is 2150. The Kier molecular flexibility index (Phi) is 8.41. The summed E-state index contributed by atoms with van der Waals surface area (Å²) in [6.45, 7) is 0. The molecule has 244 valence electrons. The number of fused-ring (bicyclic) bond motifs is 1. The van der Waals surface area contributed by atoms with Crippen LogP contribution in [0.3, 0.4) is 0 Å². The van der Waals surface area contributed by atoms with Crippen LogP contribution in [-0.4, -0.2) is 21.4 Å². The smallest absolute Gasteiger partial charge is 0.266 e. The molecule has 7 rings (SSSR count). The van der Waals surface area contributed by atoms with Gasteiger partial charge in [0.1, 0.15) is 17.5 Å². The third-order valence-electron chi connectivity index (χ3n) is 9.31. The number of halogens is 4. The molecule has 3 aromatic carbocycles. The summed E-state index contributed by atoms with van der Waals surface area (Å²) in [6, 6.07) is 15.7. The Morgan fingerprint density at radius 2 is 1.65 bits per heavy atom.